The highest BCUT2D eigenvalue weighted by molar-refractivity contribution is 5.97. The van der Waals surface area contributed by atoms with Gasteiger partial charge in [0.2, 0.25) is 11.8 Å². The SMILES string of the molecule is CCC(C)CN1C(=O)C(C2CC2)NC(=O)C1CC(C)C. The lowest BCUT2D eigenvalue weighted by Crippen LogP contribution is -2.64. The lowest BCUT2D eigenvalue weighted by atomic mass is 9.95. The number of nitrogens with zero attached hydrogens (tertiary/aromatic N) is 1. The Kier molecular flexibility index (Phi) is 4.71. The zero-order valence-corrected chi connectivity index (χ0v) is 13.2. The van der Waals surface area contributed by atoms with Gasteiger partial charge in [-0.3, -0.25) is 9.59 Å². The van der Waals surface area contributed by atoms with Crippen LogP contribution in [-0.4, -0.2) is 35.3 Å². The van der Waals surface area contributed by atoms with E-state index in [-0.39, 0.29) is 23.9 Å². The second-order valence-corrected chi connectivity index (χ2v) is 6.97. The summed E-state index contributed by atoms with van der Waals surface area (Å²) in [5.41, 5.74) is 0. The first-order valence-corrected chi connectivity index (χ1v) is 8.04. The maximum absolute atomic E-state index is 12.7. The summed E-state index contributed by atoms with van der Waals surface area (Å²) in [6.45, 7) is 9.20. The van der Waals surface area contributed by atoms with Crippen LogP contribution in [0.1, 0.15) is 53.4 Å². The molecule has 1 aliphatic heterocycles. The smallest absolute Gasteiger partial charge is 0.246 e. The normalized spacial score (nSPS) is 28.8. The third-order valence-corrected chi connectivity index (χ3v) is 4.52. The summed E-state index contributed by atoms with van der Waals surface area (Å²) in [6, 6.07) is -0.526. The van der Waals surface area contributed by atoms with Gasteiger partial charge in [-0.15, -0.1) is 0 Å². The van der Waals surface area contributed by atoms with Crippen LogP contribution in [0.5, 0.6) is 0 Å². The molecule has 0 radical (unpaired) electrons. The molecule has 3 unspecified atom stereocenters. The quantitative estimate of drug-likeness (QED) is 0.811. The minimum Gasteiger partial charge on any atom is -0.342 e. The van der Waals surface area contributed by atoms with Crippen LogP contribution in [0.2, 0.25) is 0 Å². The molecule has 1 aliphatic carbocycles. The first-order chi connectivity index (χ1) is 9.43. The molecule has 4 nitrogen and oxygen atoms in total. The fourth-order valence-electron chi connectivity index (χ4n) is 2.90. The van der Waals surface area contributed by atoms with E-state index in [1.54, 1.807) is 0 Å². The molecule has 0 bridgehead atoms. The molecular weight excluding hydrogens is 252 g/mol. The number of hydrogen-bond acceptors (Lipinski definition) is 2. The second kappa shape index (κ2) is 6.15. The third kappa shape index (κ3) is 3.33. The van der Waals surface area contributed by atoms with Gasteiger partial charge in [0.25, 0.3) is 0 Å². The van der Waals surface area contributed by atoms with Gasteiger partial charge in [0, 0.05) is 6.54 Å². The van der Waals surface area contributed by atoms with E-state index in [9.17, 15) is 9.59 Å². The van der Waals surface area contributed by atoms with Crippen molar-refractivity contribution in [3.8, 4) is 0 Å². The molecule has 4 heteroatoms. The molecule has 1 heterocycles. The molecule has 2 amide bonds. The van der Waals surface area contributed by atoms with Gasteiger partial charge >= 0.3 is 0 Å². The Morgan fingerprint density at radius 1 is 1.25 bits per heavy atom. The van der Waals surface area contributed by atoms with Crippen molar-refractivity contribution in [3.05, 3.63) is 0 Å². The lowest BCUT2D eigenvalue weighted by molar-refractivity contribution is -0.151. The number of hydrogen-bond donors (Lipinski definition) is 1. The molecule has 0 spiro atoms. The zero-order valence-electron chi connectivity index (χ0n) is 13.2. The van der Waals surface area contributed by atoms with E-state index in [0.29, 0.717) is 24.3 Å². The Morgan fingerprint density at radius 2 is 1.90 bits per heavy atom. The Hall–Kier alpha value is -1.06. The van der Waals surface area contributed by atoms with E-state index >= 15 is 0 Å². The number of carbonyl (C=O) groups excluding carboxylic acids is 2. The summed E-state index contributed by atoms with van der Waals surface area (Å²) in [5, 5.41) is 2.97. The topological polar surface area (TPSA) is 49.4 Å². The molecule has 2 aliphatic rings. The standard InChI is InChI=1S/C16H28N2O2/c1-5-11(4)9-18-13(8-10(2)3)15(19)17-14(16(18)20)12-6-7-12/h10-14H,5-9H2,1-4H3,(H,17,19). The van der Waals surface area contributed by atoms with Crippen LogP contribution in [-0.2, 0) is 9.59 Å². The van der Waals surface area contributed by atoms with Gasteiger partial charge in [0.05, 0.1) is 0 Å². The summed E-state index contributed by atoms with van der Waals surface area (Å²) in [6.07, 6.45) is 3.94. The van der Waals surface area contributed by atoms with Crippen molar-refractivity contribution < 1.29 is 9.59 Å². The van der Waals surface area contributed by atoms with Crippen molar-refractivity contribution >= 4 is 11.8 Å². The molecule has 1 saturated carbocycles. The van der Waals surface area contributed by atoms with E-state index in [1.165, 1.54) is 0 Å². The summed E-state index contributed by atoms with van der Waals surface area (Å²) >= 11 is 0. The molecule has 2 rings (SSSR count). The monoisotopic (exact) mass is 280 g/mol. The van der Waals surface area contributed by atoms with Gasteiger partial charge in [-0.1, -0.05) is 34.1 Å². The lowest BCUT2D eigenvalue weighted by Gasteiger charge is -2.41. The minimum absolute atomic E-state index is 0.0542. The van der Waals surface area contributed by atoms with E-state index in [1.807, 2.05) is 4.90 Å². The summed E-state index contributed by atoms with van der Waals surface area (Å²) in [7, 11) is 0. The van der Waals surface area contributed by atoms with Gasteiger partial charge in [-0.05, 0) is 37.0 Å². The fourth-order valence-corrected chi connectivity index (χ4v) is 2.90. The van der Waals surface area contributed by atoms with Crippen molar-refractivity contribution in [1.29, 1.82) is 0 Å². The number of carbonyl (C=O) groups is 2. The van der Waals surface area contributed by atoms with E-state index < -0.39 is 0 Å². The molecule has 3 atom stereocenters. The van der Waals surface area contributed by atoms with Crippen LogP contribution in [0.15, 0.2) is 0 Å². The average molecular weight is 280 g/mol. The largest absolute Gasteiger partial charge is 0.342 e. The van der Waals surface area contributed by atoms with Gasteiger partial charge in [-0.25, -0.2) is 0 Å². The maximum Gasteiger partial charge on any atom is 0.246 e. The third-order valence-electron chi connectivity index (χ3n) is 4.52. The van der Waals surface area contributed by atoms with E-state index in [0.717, 1.165) is 25.7 Å². The predicted molar refractivity (Wildman–Crippen MR) is 79.1 cm³/mol. The van der Waals surface area contributed by atoms with Crippen molar-refractivity contribution in [2.24, 2.45) is 17.8 Å². The zero-order chi connectivity index (χ0) is 14.9. The number of nitrogens with one attached hydrogen (secondary N) is 1. The highest BCUT2D eigenvalue weighted by Gasteiger charge is 2.46. The molecule has 0 aromatic rings. The highest BCUT2D eigenvalue weighted by Crippen LogP contribution is 2.35. The van der Waals surface area contributed by atoms with Crippen molar-refractivity contribution in [2.45, 2.75) is 65.5 Å². The van der Waals surface area contributed by atoms with Gasteiger partial charge in [0.1, 0.15) is 12.1 Å². The van der Waals surface area contributed by atoms with Crippen molar-refractivity contribution in [1.82, 2.24) is 10.2 Å². The number of amides is 2. The van der Waals surface area contributed by atoms with Gasteiger partial charge in [-0.2, -0.15) is 0 Å². The molecule has 114 valence electrons. The van der Waals surface area contributed by atoms with Crippen LogP contribution >= 0.6 is 0 Å². The fraction of sp³-hybridized carbons (Fsp3) is 0.875. The second-order valence-electron chi connectivity index (χ2n) is 6.97. The maximum atomic E-state index is 12.7. The summed E-state index contributed by atoms with van der Waals surface area (Å²) < 4.78 is 0. The molecule has 1 N–H and O–H groups in total. The Balaban J connectivity index is 2.15. The molecule has 0 aromatic heterocycles. The Labute approximate surface area is 122 Å². The van der Waals surface area contributed by atoms with E-state index in [4.69, 9.17) is 0 Å². The first-order valence-electron chi connectivity index (χ1n) is 8.04. The highest BCUT2D eigenvalue weighted by atomic mass is 16.2. The Bertz CT molecular complexity index is 377. The molecule has 0 aromatic carbocycles. The minimum atomic E-state index is -0.272. The van der Waals surface area contributed by atoms with Gasteiger partial charge < -0.3 is 10.2 Å². The van der Waals surface area contributed by atoms with Crippen LogP contribution in [0.25, 0.3) is 0 Å². The molecule has 1 saturated heterocycles. The predicted octanol–water partition coefficient (Wildman–Crippen LogP) is 2.18. The molecule has 2 fully saturated rings. The summed E-state index contributed by atoms with van der Waals surface area (Å²) in [4.78, 5) is 27.0. The Morgan fingerprint density at radius 3 is 2.40 bits per heavy atom. The van der Waals surface area contributed by atoms with Crippen LogP contribution in [0.4, 0.5) is 0 Å². The van der Waals surface area contributed by atoms with Gasteiger partial charge in [0.15, 0.2) is 0 Å². The van der Waals surface area contributed by atoms with Crippen molar-refractivity contribution in [3.63, 3.8) is 0 Å². The average Bonchev–Trinajstić information content (AvgIpc) is 3.21. The van der Waals surface area contributed by atoms with E-state index in [2.05, 4.69) is 33.0 Å². The van der Waals surface area contributed by atoms with Crippen LogP contribution in [0.3, 0.4) is 0 Å². The van der Waals surface area contributed by atoms with Crippen molar-refractivity contribution in [2.75, 3.05) is 6.54 Å². The molecule has 20 heavy (non-hydrogen) atoms. The summed E-state index contributed by atoms with van der Waals surface area (Å²) in [5.74, 6) is 1.44. The van der Waals surface area contributed by atoms with Crippen LogP contribution < -0.4 is 5.32 Å². The van der Waals surface area contributed by atoms with Crippen LogP contribution in [0, 0.1) is 17.8 Å². The molecular formula is C16H28N2O2. The first kappa shape index (κ1) is 15.3. The number of piperazine rings is 1. The number of rotatable bonds is 6.